The van der Waals surface area contributed by atoms with E-state index in [-0.39, 0.29) is 0 Å². The van der Waals surface area contributed by atoms with Crippen molar-refractivity contribution in [3.8, 4) is 11.5 Å². The molecule has 2 nitrogen and oxygen atoms in total. The topological polar surface area (TPSA) is 35.2 Å². The Morgan fingerprint density at radius 3 is 2.65 bits per heavy atom. The Bertz CT molecular complexity index is 658. The molecule has 0 aliphatic rings. The van der Waals surface area contributed by atoms with E-state index in [0.29, 0.717) is 21.5 Å². The van der Waals surface area contributed by atoms with Gasteiger partial charge in [0.1, 0.15) is 16.5 Å². The molecule has 0 aliphatic heterocycles. The van der Waals surface area contributed by atoms with Gasteiger partial charge < -0.3 is 10.5 Å². The van der Waals surface area contributed by atoms with Crippen LogP contribution in [0, 0.1) is 6.92 Å². The van der Waals surface area contributed by atoms with Gasteiger partial charge in [-0.3, -0.25) is 0 Å². The van der Waals surface area contributed by atoms with E-state index < -0.39 is 0 Å². The van der Waals surface area contributed by atoms with Gasteiger partial charge in [-0.25, -0.2) is 0 Å². The van der Waals surface area contributed by atoms with Gasteiger partial charge in [-0.05, 0) is 43.0 Å². The molecule has 0 fully saturated rings. The van der Waals surface area contributed by atoms with Gasteiger partial charge in [0.05, 0.1) is 5.56 Å². The summed E-state index contributed by atoms with van der Waals surface area (Å²) in [6.07, 6.45) is 1.98. The third-order valence-corrected chi connectivity index (χ3v) is 4.04. The minimum atomic E-state index is 0.324. The summed E-state index contributed by atoms with van der Waals surface area (Å²) in [6, 6.07) is 11.3. The molecular weight excluding hydrogens is 310 g/mol. The average Bonchev–Trinajstić information content (AvgIpc) is 2.42. The van der Waals surface area contributed by atoms with Crippen LogP contribution in [0.3, 0.4) is 0 Å². The van der Waals surface area contributed by atoms with Crippen molar-refractivity contribution in [3.63, 3.8) is 0 Å². The predicted molar refractivity (Wildman–Crippen MR) is 90.4 cm³/mol. The summed E-state index contributed by atoms with van der Waals surface area (Å²) in [5.74, 6) is 1.35. The molecule has 0 heterocycles. The van der Waals surface area contributed by atoms with Gasteiger partial charge in [-0.15, -0.1) is 11.8 Å². The van der Waals surface area contributed by atoms with E-state index in [1.54, 1.807) is 17.8 Å². The van der Waals surface area contributed by atoms with Crippen LogP contribution in [0.5, 0.6) is 11.5 Å². The van der Waals surface area contributed by atoms with Crippen LogP contribution in [0.1, 0.15) is 11.1 Å². The molecular formula is C15H14ClNOS2. The van der Waals surface area contributed by atoms with E-state index in [2.05, 4.69) is 0 Å². The van der Waals surface area contributed by atoms with Gasteiger partial charge in [-0.2, -0.15) is 0 Å². The van der Waals surface area contributed by atoms with E-state index in [4.69, 9.17) is 34.3 Å². The molecule has 0 radical (unpaired) electrons. The first-order chi connectivity index (χ1) is 9.52. The van der Waals surface area contributed by atoms with Crippen LogP contribution in [0.4, 0.5) is 0 Å². The Balaban J connectivity index is 2.48. The lowest BCUT2D eigenvalue weighted by Gasteiger charge is -2.14. The summed E-state index contributed by atoms with van der Waals surface area (Å²) in [7, 11) is 0. The molecule has 0 atom stereocenters. The number of hydrogen-bond acceptors (Lipinski definition) is 3. The third kappa shape index (κ3) is 3.26. The van der Waals surface area contributed by atoms with Gasteiger partial charge in [0.25, 0.3) is 0 Å². The fraction of sp³-hybridized carbons (Fsp3) is 0.133. The van der Waals surface area contributed by atoms with E-state index in [1.165, 1.54) is 0 Å². The van der Waals surface area contributed by atoms with Crippen LogP contribution in [0.15, 0.2) is 41.3 Å². The summed E-state index contributed by atoms with van der Waals surface area (Å²) in [5.41, 5.74) is 7.58. The Morgan fingerprint density at radius 2 is 2.00 bits per heavy atom. The second-order valence-corrected chi connectivity index (χ2v) is 5.93. The summed E-state index contributed by atoms with van der Waals surface area (Å²) in [4.78, 5) is 1.32. The summed E-state index contributed by atoms with van der Waals surface area (Å²) in [5, 5.41) is 0.628. The molecule has 2 aromatic carbocycles. The van der Waals surface area contributed by atoms with Gasteiger partial charge in [0.2, 0.25) is 0 Å². The molecule has 2 aromatic rings. The molecule has 0 bridgehead atoms. The van der Waals surface area contributed by atoms with Crippen LogP contribution >= 0.6 is 35.6 Å². The lowest BCUT2D eigenvalue weighted by Crippen LogP contribution is -2.12. The first kappa shape index (κ1) is 15.2. The maximum absolute atomic E-state index is 6.01. The number of rotatable bonds is 4. The normalized spacial score (nSPS) is 10.3. The van der Waals surface area contributed by atoms with Crippen molar-refractivity contribution in [1.82, 2.24) is 0 Å². The standard InChI is InChI=1S/C15H14ClNOS2/c1-9-6-7-10(16)8-12(9)18-11-4-3-5-13(20-2)14(11)15(17)19/h3-8H,1-2H3,(H2,17,19). The number of ether oxygens (including phenoxy) is 1. The van der Waals surface area contributed by atoms with Crippen molar-refractivity contribution in [2.45, 2.75) is 11.8 Å². The number of thiocarbonyl (C=S) groups is 1. The molecule has 0 unspecified atom stereocenters. The molecule has 0 saturated heterocycles. The Kier molecular flexibility index (Phi) is 4.91. The third-order valence-electron chi connectivity index (χ3n) is 2.82. The second-order valence-electron chi connectivity index (χ2n) is 4.21. The van der Waals surface area contributed by atoms with Crippen molar-refractivity contribution in [2.24, 2.45) is 5.73 Å². The quantitative estimate of drug-likeness (QED) is 0.647. The Labute approximate surface area is 133 Å². The maximum atomic E-state index is 6.01. The average molecular weight is 324 g/mol. The zero-order chi connectivity index (χ0) is 14.7. The summed E-state index contributed by atoms with van der Waals surface area (Å²) >= 11 is 12.7. The fourth-order valence-corrected chi connectivity index (χ4v) is 2.88. The molecule has 0 saturated carbocycles. The van der Waals surface area contributed by atoms with Crippen molar-refractivity contribution in [3.05, 3.63) is 52.5 Å². The number of nitrogens with two attached hydrogens (primary N) is 1. The van der Waals surface area contributed by atoms with Crippen LogP contribution < -0.4 is 10.5 Å². The number of thioether (sulfide) groups is 1. The minimum Gasteiger partial charge on any atom is -0.456 e. The molecule has 5 heteroatoms. The van der Waals surface area contributed by atoms with Crippen molar-refractivity contribution >= 4 is 40.6 Å². The molecule has 2 N–H and O–H groups in total. The van der Waals surface area contributed by atoms with Gasteiger partial charge in [0, 0.05) is 9.92 Å². The maximum Gasteiger partial charge on any atom is 0.138 e. The SMILES string of the molecule is CSc1cccc(Oc2cc(Cl)ccc2C)c1C(N)=S. The largest absolute Gasteiger partial charge is 0.456 e. The highest BCUT2D eigenvalue weighted by atomic mass is 35.5. The second kappa shape index (κ2) is 6.48. The first-order valence-corrected chi connectivity index (χ1v) is 7.95. The predicted octanol–water partition coefficient (Wildman–Crippen LogP) is 4.80. The fourth-order valence-electron chi connectivity index (χ4n) is 1.81. The van der Waals surface area contributed by atoms with E-state index in [1.807, 2.05) is 43.5 Å². The van der Waals surface area contributed by atoms with Gasteiger partial charge in [0.15, 0.2) is 0 Å². The molecule has 0 aromatic heterocycles. The molecule has 0 spiro atoms. The minimum absolute atomic E-state index is 0.324. The zero-order valence-electron chi connectivity index (χ0n) is 11.1. The Morgan fingerprint density at radius 1 is 1.25 bits per heavy atom. The molecule has 0 aliphatic carbocycles. The summed E-state index contributed by atoms with van der Waals surface area (Å²) < 4.78 is 5.96. The van der Waals surface area contributed by atoms with E-state index in [9.17, 15) is 0 Å². The van der Waals surface area contributed by atoms with E-state index in [0.717, 1.165) is 16.0 Å². The smallest absolute Gasteiger partial charge is 0.138 e. The number of aryl methyl sites for hydroxylation is 1. The van der Waals surface area contributed by atoms with Crippen molar-refractivity contribution in [2.75, 3.05) is 6.26 Å². The molecule has 104 valence electrons. The number of hydrogen-bond donors (Lipinski definition) is 1. The number of benzene rings is 2. The zero-order valence-corrected chi connectivity index (χ0v) is 13.5. The lowest BCUT2D eigenvalue weighted by atomic mass is 10.2. The van der Waals surface area contributed by atoms with Gasteiger partial charge >= 0.3 is 0 Å². The highest BCUT2D eigenvalue weighted by Crippen LogP contribution is 2.34. The monoisotopic (exact) mass is 323 g/mol. The van der Waals surface area contributed by atoms with Gasteiger partial charge in [-0.1, -0.05) is 36.0 Å². The van der Waals surface area contributed by atoms with Crippen molar-refractivity contribution < 1.29 is 4.74 Å². The van der Waals surface area contributed by atoms with Crippen molar-refractivity contribution in [1.29, 1.82) is 0 Å². The highest BCUT2D eigenvalue weighted by Gasteiger charge is 2.13. The van der Waals surface area contributed by atoms with Crippen LogP contribution in [0.25, 0.3) is 0 Å². The number of halogens is 1. The van der Waals surface area contributed by atoms with Crippen LogP contribution in [0.2, 0.25) is 5.02 Å². The van der Waals surface area contributed by atoms with E-state index >= 15 is 0 Å². The Hall–Kier alpha value is -1.23. The molecule has 20 heavy (non-hydrogen) atoms. The highest BCUT2D eigenvalue weighted by molar-refractivity contribution is 7.98. The van der Waals surface area contributed by atoms with Crippen LogP contribution in [-0.2, 0) is 0 Å². The first-order valence-electron chi connectivity index (χ1n) is 5.93. The lowest BCUT2D eigenvalue weighted by molar-refractivity contribution is 0.476. The molecule has 2 rings (SSSR count). The molecule has 0 amide bonds. The van der Waals surface area contributed by atoms with Crippen LogP contribution in [-0.4, -0.2) is 11.2 Å². The summed E-state index contributed by atoms with van der Waals surface area (Å²) in [6.45, 7) is 1.96.